The summed E-state index contributed by atoms with van der Waals surface area (Å²) in [5.41, 5.74) is 1.88. The summed E-state index contributed by atoms with van der Waals surface area (Å²) in [6, 6.07) is 6.24. The van der Waals surface area contributed by atoms with Crippen molar-refractivity contribution in [3.05, 3.63) is 41.0 Å². The standard InChI is InChI=1S/C22H33N3O2/c1-16-7-8-18(15-17(16)2)9-10-21(3,4)19(26)24-22(5,6)20(27)25-13-11-23-12-14-25/h7-10,15,23H,11-14H2,1-6H3,(H,24,26). The first-order chi connectivity index (χ1) is 12.5. The van der Waals surface area contributed by atoms with Crippen molar-refractivity contribution in [2.24, 2.45) is 5.41 Å². The average molecular weight is 372 g/mol. The van der Waals surface area contributed by atoms with Crippen LogP contribution in [-0.2, 0) is 9.59 Å². The van der Waals surface area contributed by atoms with E-state index in [0.717, 1.165) is 18.7 Å². The number of rotatable bonds is 5. The van der Waals surface area contributed by atoms with E-state index in [0.29, 0.717) is 13.1 Å². The highest BCUT2D eigenvalue weighted by Crippen LogP contribution is 2.22. The molecule has 0 spiro atoms. The zero-order valence-electron chi connectivity index (χ0n) is 17.5. The smallest absolute Gasteiger partial charge is 0.247 e. The van der Waals surface area contributed by atoms with E-state index in [-0.39, 0.29) is 11.8 Å². The van der Waals surface area contributed by atoms with Crippen LogP contribution in [0.15, 0.2) is 24.3 Å². The summed E-state index contributed by atoms with van der Waals surface area (Å²) in [7, 11) is 0. The maximum absolute atomic E-state index is 12.9. The third-order valence-electron chi connectivity index (χ3n) is 5.17. The van der Waals surface area contributed by atoms with E-state index in [2.05, 4.69) is 36.6 Å². The van der Waals surface area contributed by atoms with Gasteiger partial charge in [-0.05, 0) is 58.2 Å². The number of hydrogen-bond acceptors (Lipinski definition) is 3. The molecule has 148 valence electrons. The quantitative estimate of drug-likeness (QED) is 0.837. The van der Waals surface area contributed by atoms with Crippen molar-refractivity contribution in [3.8, 4) is 0 Å². The largest absolute Gasteiger partial charge is 0.341 e. The van der Waals surface area contributed by atoms with Crippen molar-refractivity contribution in [2.45, 2.75) is 47.1 Å². The van der Waals surface area contributed by atoms with E-state index >= 15 is 0 Å². The minimum absolute atomic E-state index is 0.0358. The first kappa shape index (κ1) is 21.2. The summed E-state index contributed by atoms with van der Waals surface area (Å²) in [6.07, 6.45) is 3.87. The molecular weight excluding hydrogens is 338 g/mol. The molecule has 27 heavy (non-hydrogen) atoms. The molecular formula is C22H33N3O2. The van der Waals surface area contributed by atoms with Crippen LogP contribution in [0, 0.1) is 19.3 Å². The van der Waals surface area contributed by atoms with Crippen LogP contribution in [0.1, 0.15) is 44.4 Å². The van der Waals surface area contributed by atoms with Gasteiger partial charge < -0.3 is 15.5 Å². The Morgan fingerprint density at radius 1 is 1.07 bits per heavy atom. The summed E-state index contributed by atoms with van der Waals surface area (Å²) in [4.78, 5) is 27.5. The topological polar surface area (TPSA) is 61.4 Å². The number of carbonyl (C=O) groups is 2. The number of piperazine rings is 1. The van der Waals surface area contributed by atoms with Gasteiger partial charge in [0, 0.05) is 26.2 Å². The Balaban J connectivity index is 2.06. The molecule has 0 unspecified atom stereocenters. The first-order valence-corrected chi connectivity index (χ1v) is 9.62. The van der Waals surface area contributed by atoms with E-state index in [1.54, 1.807) is 13.8 Å². The molecule has 0 atom stereocenters. The number of hydrogen-bond donors (Lipinski definition) is 2. The molecule has 1 aromatic carbocycles. The van der Waals surface area contributed by atoms with Crippen LogP contribution in [0.2, 0.25) is 0 Å². The van der Waals surface area contributed by atoms with Crippen molar-refractivity contribution in [1.82, 2.24) is 15.5 Å². The molecule has 1 aliphatic rings. The fraction of sp³-hybridized carbons (Fsp3) is 0.545. The van der Waals surface area contributed by atoms with E-state index in [9.17, 15) is 9.59 Å². The summed E-state index contributed by atoms with van der Waals surface area (Å²) >= 11 is 0. The Hall–Kier alpha value is -2.14. The molecule has 2 N–H and O–H groups in total. The Morgan fingerprint density at radius 2 is 1.70 bits per heavy atom. The molecule has 0 aromatic heterocycles. The molecule has 1 fully saturated rings. The molecule has 1 saturated heterocycles. The molecule has 5 nitrogen and oxygen atoms in total. The van der Waals surface area contributed by atoms with Crippen LogP contribution in [0.3, 0.4) is 0 Å². The highest BCUT2D eigenvalue weighted by Gasteiger charge is 2.37. The van der Waals surface area contributed by atoms with Crippen molar-refractivity contribution < 1.29 is 9.59 Å². The molecule has 0 bridgehead atoms. The summed E-state index contributed by atoms with van der Waals surface area (Å²) in [6.45, 7) is 14.4. The third kappa shape index (κ3) is 5.42. The molecule has 1 aliphatic heterocycles. The SMILES string of the molecule is Cc1ccc(C=CC(C)(C)C(=O)NC(C)(C)C(=O)N2CCNCC2)cc1C. The van der Waals surface area contributed by atoms with Crippen molar-refractivity contribution in [1.29, 1.82) is 0 Å². The van der Waals surface area contributed by atoms with Crippen LogP contribution in [0.5, 0.6) is 0 Å². The molecule has 0 saturated carbocycles. The van der Waals surface area contributed by atoms with Gasteiger partial charge in [-0.25, -0.2) is 0 Å². The minimum Gasteiger partial charge on any atom is -0.341 e. The summed E-state index contributed by atoms with van der Waals surface area (Å²) in [5.74, 6) is -0.192. The zero-order chi connectivity index (χ0) is 20.2. The van der Waals surface area contributed by atoms with Crippen molar-refractivity contribution >= 4 is 17.9 Å². The fourth-order valence-electron chi connectivity index (χ4n) is 3.01. The maximum Gasteiger partial charge on any atom is 0.247 e. The lowest BCUT2D eigenvalue weighted by atomic mass is 9.89. The van der Waals surface area contributed by atoms with Crippen LogP contribution < -0.4 is 10.6 Å². The van der Waals surface area contributed by atoms with E-state index in [4.69, 9.17) is 0 Å². The Labute approximate surface area is 163 Å². The van der Waals surface area contributed by atoms with Crippen molar-refractivity contribution in [2.75, 3.05) is 26.2 Å². The molecule has 5 heteroatoms. The van der Waals surface area contributed by atoms with Gasteiger partial charge in [-0.3, -0.25) is 9.59 Å². The predicted molar refractivity (Wildman–Crippen MR) is 110 cm³/mol. The zero-order valence-corrected chi connectivity index (χ0v) is 17.5. The Kier molecular flexibility index (Phi) is 6.47. The van der Waals surface area contributed by atoms with E-state index < -0.39 is 11.0 Å². The second kappa shape index (κ2) is 8.26. The van der Waals surface area contributed by atoms with Gasteiger partial charge >= 0.3 is 0 Å². The normalized spacial score (nSPS) is 15.9. The summed E-state index contributed by atoms with van der Waals surface area (Å²) < 4.78 is 0. The van der Waals surface area contributed by atoms with Crippen LogP contribution in [0.25, 0.3) is 6.08 Å². The van der Waals surface area contributed by atoms with Gasteiger partial charge in [-0.1, -0.05) is 30.4 Å². The predicted octanol–water partition coefficient (Wildman–Crippen LogP) is 2.67. The van der Waals surface area contributed by atoms with Gasteiger partial charge in [0.05, 0.1) is 5.41 Å². The lowest BCUT2D eigenvalue weighted by Crippen LogP contribution is -2.60. The van der Waals surface area contributed by atoms with Crippen LogP contribution >= 0.6 is 0 Å². The highest BCUT2D eigenvalue weighted by molar-refractivity contribution is 5.93. The number of amides is 2. The Morgan fingerprint density at radius 3 is 2.30 bits per heavy atom. The monoisotopic (exact) mass is 371 g/mol. The van der Waals surface area contributed by atoms with E-state index in [1.165, 1.54) is 11.1 Å². The number of benzene rings is 1. The van der Waals surface area contributed by atoms with Gasteiger partial charge in [-0.2, -0.15) is 0 Å². The second-order valence-corrected chi connectivity index (χ2v) is 8.52. The highest BCUT2D eigenvalue weighted by atomic mass is 16.2. The second-order valence-electron chi connectivity index (χ2n) is 8.52. The minimum atomic E-state index is -0.931. The van der Waals surface area contributed by atoms with Gasteiger partial charge in [0.25, 0.3) is 0 Å². The maximum atomic E-state index is 12.9. The Bertz CT molecular complexity index is 729. The number of nitrogens with zero attached hydrogens (tertiary/aromatic N) is 1. The molecule has 2 rings (SSSR count). The van der Waals surface area contributed by atoms with Crippen molar-refractivity contribution in [3.63, 3.8) is 0 Å². The molecule has 2 amide bonds. The fourth-order valence-corrected chi connectivity index (χ4v) is 3.01. The number of nitrogens with one attached hydrogen (secondary N) is 2. The van der Waals surface area contributed by atoms with Gasteiger partial charge in [0.1, 0.15) is 5.54 Å². The van der Waals surface area contributed by atoms with Gasteiger partial charge in [0.15, 0.2) is 0 Å². The third-order valence-corrected chi connectivity index (χ3v) is 5.17. The van der Waals surface area contributed by atoms with Gasteiger partial charge in [-0.15, -0.1) is 0 Å². The van der Waals surface area contributed by atoms with Crippen LogP contribution in [-0.4, -0.2) is 48.4 Å². The molecule has 0 radical (unpaired) electrons. The molecule has 0 aliphatic carbocycles. The first-order valence-electron chi connectivity index (χ1n) is 9.62. The van der Waals surface area contributed by atoms with Crippen LogP contribution in [0.4, 0.5) is 0 Å². The lowest BCUT2D eigenvalue weighted by molar-refractivity contribution is -0.142. The lowest BCUT2D eigenvalue weighted by Gasteiger charge is -2.36. The number of aryl methyl sites for hydroxylation is 2. The van der Waals surface area contributed by atoms with Gasteiger partial charge in [0.2, 0.25) is 11.8 Å². The molecule has 1 heterocycles. The number of carbonyl (C=O) groups excluding carboxylic acids is 2. The average Bonchev–Trinajstić information content (AvgIpc) is 2.62. The summed E-state index contributed by atoms with van der Waals surface area (Å²) in [5, 5.41) is 6.18. The molecule has 1 aromatic rings. The van der Waals surface area contributed by atoms with E-state index in [1.807, 2.05) is 37.0 Å².